The van der Waals surface area contributed by atoms with Crippen LogP contribution < -0.4 is 4.90 Å². The molecule has 180 valence electrons. The number of fused-ring (bicyclic) bond motifs is 5. The van der Waals surface area contributed by atoms with Crippen molar-refractivity contribution in [1.29, 1.82) is 0 Å². The van der Waals surface area contributed by atoms with Crippen molar-refractivity contribution in [2.75, 3.05) is 18.1 Å². The molecule has 3 saturated heterocycles. The Hall–Kier alpha value is -3.25. The first kappa shape index (κ1) is 22.2. The lowest BCUT2D eigenvalue weighted by molar-refractivity contribution is -0.142. The summed E-state index contributed by atoms with van der Waals surface area (Å²) >= 11 is 0. The van der Waals surface area contributed by atoms with E-state index in [-0.39, 0.29) is 36.3 Å². The van der Waals surface area contributed by atoms with Crippen molar-refractivity contribution >= 4 is 28.9 Å². The number of allylic oxidation sites excluding steroid dienone is 1. The van der Waals surface area contributed by atoms with E-state index in [2.05, 4.69) is 17.0 Å². The highest BCUT2D eigenvalue weighted by Crippen LogP contribution is 2.50. The van der Waals surface area contributed by atoms with Crippen LogP contribution >= 0.6 is 0 Å². The van der Waals surface area contributed by atoms with Crippen molar-refractivity contribution in [2.45, 2.75) is 51.8 Å². The normalized spacial score (nSPS) is 29.2. The first-order valence-corrected chi connectivity index (χ1v) is 12.5. The van der Waals surface area contributed by atoms with Gasteiger partial charge in [0.15, 0.2) is 5.78 Å². The lowest BCUT2D eigenvalue weighted by Gasteiger charge is -2.38. The van der Waals surface area contributed by atoms with E-state index >= 15 is 0 Å². The number of likely N-dealkylation sites (tertiary alicyclic amines) is 1. The molecule has 6 nitrogen and oxygen atoms in total. The molecular weight excluding hydrogens is 440 g/mol. The molecule has 4 aliphatic rings. The third-order valence-corrected chi connectivity index (χ3v) is 8.11. The van der Waals surface area contributed by atoms with Crippen LogP contribution in [0, 0.1) is 25.7 Å². The zero-order valence-corrected chi connectivity index (χ0v) is 20.4. The quantitative estimate of drug-likeness (QED) is 0.500. The summed E-state index contributed by atoms with van der Waals surface area (Å²) in [5, 5.41) is 0. The van der Waals surface area contributed by atoms with Gasteiger partial charge < -0.3 is 9.64 Å². The Morgan fingerprint density at radius 1 is 0.971 bits per heavy atom. The van der Waals surface area contributed by atoms with Crippen LogP contribution in [-0.2, 0) is 14.3 Å². The number of benzene rings is 2. The number of carbonyl (C=O) groups is 3. The molecule has 4 heterocycles. The molecular formula is C29H30N2O4. The zero-order valence-electron chi connectivity index (χ0n) is 20.4. The minimum absolute atomic E-state index is 0.109. The molecule has 35 heavy (non-hydrogen) atoms. The highest BCUT2D eigenvalue weighted by molar-refractivity contribution is 6.14. The molecule has 2 aromatic carbocycles. The van der Waals surface area contributed by atoms with Crippen LogP contribution in [-0.4, -0.2) is 53.8 Å². The summed E-state index contributed by atoms with van der Waals surface area (Å²) in [4.78, 5) is 45.1. The van der Waals surface area contributed by atoms with E-state index in [9.17, 15) is 14.4 Å². The maximum atomic E-state index is 14.0. The molecule has 0 unspecified atom stereocenters. The first-order valence-electron chi connectivity index (χ1n) is 12.5. The summed E-state index contributed by atoms with van der Waals surface area (Å²) in [5.74, 6) is -1.81. The third kappa shape index (κ3) is 3.38. The number of imide groups is 1. The minimum atomic E-state index is -0.732. The summed E-state index contributed by atoms with van der Waals surface area (Å²) in [5.41, 5.74) is 5.81. The van der Waals surface area contributed by atoms with Gasteiger partial charge in [-0.05, 0) is 51.3 Å². The van der Waals surface area contributed by atoms with Gasteiger partial charge in [-0.3, -0.25) is 19.3 Å². The molecule has 3 fully saturated rings. The second-order valence-electron chi connectivity index (χ2n) is 10.4. The lowest BCUT2D eigenvalue weighted by atomic mass is 9.85. The highest BCUT2D eigenvalue weighted by atomic mass is 16.5. The Morgan fingerprint density at radius 3 is 2.40 bits per heavy atom. The molecule has 6 heteroatoms. The third-order valence-electron chi connectivity index (χ3n) is 8.11. The van der Waals surface area contributed by atoms with Gasteiger partial charge in [-0.2, -0.15) is 0 Å². The topological polar surface area (TPSA) is 66.9 Å². The summed E-state index contributed by atoms with van der Waals surface area (Å²) in [6.45, 7) is 7.02. The Kier molecular flexibility index (Phi) is 5.18. The fourth-order valence-electron chi connectivity index (χ4n) is 6.38. The average molecular weight is 471 g/mol. The zero-order chi connectivity index (χ0) is 24.4. The van der Waals surface area contributed by atoms with Crippen LogP contribution in [0.1, 0.15) is 46.8 Å². The summed E-state index contributed by atoms with van der Waals surface area (Å²) in [6, 6.07) is 12.6. The van der Waals surface area contributed by atoms with Crippen molar-refractivity contribution in [1.82, 2.24) is 4.90 Å². The summed E-state index contributed by atoms with van der Waals surface area (Å²) in [7, 11) is 0. The lowest BCUT2D eigenvalue weighted by Crippen LogP contribution is -2.50. The van der Waals surface area contributed by atoms with Crippen molar-refractivity contribution in [3.8, 4) is 0 Å². The number of hydrogen-bond acceptors (Lipinski definition) is 5. The number of amides is 2. The van der Waals surface area contributed by atoms with E-state index < -0.39 is 17.9 Å². The van der Waals surface area contributed by atoms with Gasteiger partial charge in [0.1, 0.15) is 6.04 Å². The fourth-order valence-corrected chi connectivity index (χ4v) is 6.38. The monoisotopic (exact) mass is 470 g/mol. The number of ketones is 1. The average Bonchev–Trinajstić information content (AvgIpc) is 3.53. The van der Waals surface area contributed by atoms with Crippen LogP contribution in [0.2, 0.25) is 0 Å². The van der Waals surface area contributed by atoms with Gasteiger partial charge in [-0.1, -0.05) is 47.5 Å². The molecule has 2 amide bonds. The second-order valence-corrected chi connectivity index (χ2v) is 10.4. The molecule has 4 aliphatic heterocycles. The number of anilines is 1. The number of hydrogen-bond donors (Lipinski definition) is 0. The number of rotatable bonds is 4. The van der Waals surface area contributed by atoms with E-state index in [0.29, 0.717) is 12.2 Å². The van der Waals surface area contributed by atoms with Gasteiger partial charge in [-0.15, -0.1) is 0 Å². The van der Waals surface area contributed by atoms with Crippen LogP contribution in [0.4, 0.5) is 5.69 Å². The number of Topliss-reactive ketones (excluding diaryl/α,β-unsaturated/α-hetero) is 1. The SMILES string of the molecule is CC1=C[C@@H]2[C@H]3C(=O)N(C[C@@H]4CCCO4)C(=O)[C@H]3[C@H](C(=O)c3ccc(C)cc3)N2c2ccc(C)cc21. The molecule has 0 spiro atoms. The second kappa shape index (κ2) is 8.16. The fraction of sp³-hybridized carbons (Fsp3) is 0.414. The predicted octanol–water partition coefficient (Wildman–Crippen LogP) is 3.94. The van der Waals surface area contributed by atoms with Crippen molar-refractivity contribution in [2.24, 2.45) is 11.8 Å². The molecule has 0 bridgehead atoms. The Morgan fingerprint density at radius 2 is 1.69 bits per heavy atom. The predicted molar refractivity (Wildman–Crippen MR) is 133 cm³/mol. The molecule has 0 aromatic heterocycles. The van der Waals surface area contributed by atoms with Crippen molar-refractivity contribution < 1.29 is 19.1 Å². The molecule has 0 saturated carbocycles. The first-order chi connectivity index (χ1) is 16.8. The van der Waals surface area contributed by atoms with Crippen molar-refractivity contribution in [3.63, 3.8) is 0 Å². The number of aryl methyl sites for hydroxylation is 2. The van der Waals surface area contributed by atoms with Gasteiger partial charge >= 0.3 is 0 Å². The molecule has 5 atom stereocenters. The largest absolute Gasteiger partial charge is 0.376 e. The van der Waals surface area contributed by atoms with E-state index in [0.717, 1.165) is 40.8 Å². The Labute approximate surface area is 205 Å². The summed E-state index contributed by atoms with van der Waals surface area (Å²) < 4.78 is 5.73. The number of carbonyl (C=O) groups excluding carboxylic acids is 3. The smallest absolute Gasteiger partial charge is 0.235 e. The number of ether oxygens (including phenoxy) is 1. The molecule has 0 radical (unpaired) electrons. The van der Waals surface area contributed by atoms with Gasteiger partial charge in [-0.25, -0.2) is 0 Å². The van der Waals surface area contributed by atoms with Crippen LogP contribution in [0.25, 0.3) is 5.57 Å². The van der Waals surface area contributed by atoms with Crippen molar-refractivity contribution in [3.05, 3.63) is 70.8 Å². The Balaban J connectivity index is 1.46. The van der Waals surface area contributed by atoms with E-state index in [1.807, 2.05) is 57.2 Å². The highest BCUT2D eigenvalue weighted by Gasteiger charge is 2.64. The maximum Gasteiger partial charge on any atom is 0.235 e. The molecule has 0 N–H and O–H groups in total. The van der Waals surface area contributed by atoms with Crippen LogP contribution in [0.15, 0.2) is 48.5 Å². The van der Waals surface area contributed by atoms with E-state index in [4.69, 9.17) is 4.74 Å². The van der Waals surface area contributed by atoms with Gasteiger partial charge in [0.05, 0.1) is 30.5 Å². The van der Waals surface area contributed by atoms with Gasteiger partial charge in [0.2, 0.25) is 11.8 Å². The maximum absolute atomic E-state index is 14.0. The summed E-state index contributed by atoms with van der Waals surface area (Å²) in [6.07, 6.45) is 3.76. The molecule has 0 aliphatic carbocycles. The van der Waals surface area contributed by atoms with Crippen LogP contribution in [0.3, 0.4) is 0 Å². The van der Waals surface area contributed by atoms with Gasteiger partial charge in [0.25, 0.3) is 0 Å². The number of nitrogens with zero attached hydrogens (tertiary/aromatic N) is 2. The van der Waals surface area contributed by atoms with Gasteiger partial charge in [0, 0.05) is 23.4 Å². The standard InChI is InChI=1S/C29H30N2O4/c1-16-6-9-19(10-7-16)27(32)26-25-24(28(33)30(29(25)34)15-20-5-4-12-35-20)23-14-18(3)21-13-17(2)8-11-22(21)31(23)26/h6-11,13-14,20,23-26H,4-5,12,15H2,1-3H3/t20-,23+,24+,25+,26+/m0/s1. The Bertz CT molecular complexity index is 1260. The molecule has 6 rings (SSSR count). The van der Waals surface area contributed by atoms with E-state index in [1.165, 1.54) is 4.90 Å². The minimum Gasteiger partial charge on any atom is -0.376 e. The molecule has 2 aromatic rings. The van der Waals surface area contributed by atoms with E-state index in [1.54, 1.807) is 0 Å². The van der Waals surface area contributed by atoms with Crippen LogP contribution in [0.5, 0.6) is 0 Å².